The van der Waals surface area contributed by atoms with E-state index in [1.807, 2.05) is 55.1 Å². The number of nitrogens with zero attached hydrogens (tertiary/aromatic N) is 2. The van der Waals surface area contributed by atoms with E-state index in [1.54, 1.807) is 0 Å². The quantitative estimate of drug-likeness (QED) is 0.721. The fourth-order valence-corrected chi connectivity index (χ4v) is 4.22. The lowest BCUT2D eigenvalue weighted by Gasteiger charge is -2.36. The summed E-state index contributed by atoms with van der Waals surface area (Å²) in [6.45, 7) is 7.28. The van der Waals surface area contributed by atoms with Crippen LogP contribution in [-0.4, -0.2) is 61.6 Å². The van der Waals surface area contributed by atoms with Crippen LogP contribution in [0.4, 0.5) is 5.69 Å². The van der Waals surface area contributed by atoms with Crippen molar-refractivity contribution in [3.05, 3.63) is 54.1 Å². The zero-order chi connectivity index (χ0) is 22.6. The molecule has 2 aliphatic heterocycles. The summed E-state index contributed by atoms with van der Waals surface area (Å²) in [5.74, 6) is 1.11. The molecule has 2 aliphatic rings. The Bertz CT molecular complexity index is 953. The summed E-state index contributed by atoms with van der Waals surface area (Å²) in [6, 6.07) is 16.0. The van der Waals surface area contributed by atoms with Gasteiger partial charge in [-0.25, -0.2) is 0 Å². The lowest BCUT2D eigenvalue weighted by atomic mass is 10.0. The van der Waals surface area contributed by atoms with Gasteiger partial charge in [0.05, 0.1) is 0 Å². The maximum atomic E-state index is 12.5. The molecule has 32 heavy (non-hydrogen) atoms. The number of anilines is 1. The van der Waals surface area contributed by atoms with E-state index in [9.17, 15) is 9.59 Å². The number of amides is 2. The molecule has 0 atom stereocenters. The van der Waals surface area contributed by atoms with Crippen molar-refractivity contribution in [3.63, 3.8) is 0 Å². The van der Waals surface area contributed by atoms with Gasteiger partial charge >= 0.3 is 0 Å². The van der Waals surface area contributed by atoms with Gasteiger partial charge < -0.3 is 24.6 Å². The summed E-state index contributed by atoms with van der Waals surface area (Å²) in [5.41, 5.74) is 2.01. The molecule has 2 amide bonds. The van der Waals surface area contributed by atoms with Gasteiger partial charge in [-0.2, -0.15) is 0 Å². The SMILES string of the molecule is CC1(C)Cc2cccc(OCC(=O)NCCC(=O)N3CCN(c4ccccc4)CC3)c2O1. The van der Waals surface area contributed by atoms with Crippen LogP contribution in [0, 0.1) is 0 Å². The zero-order valence-corrected chi connectivity index (χ0v) is 18.8. The van der Waals surface area contributed by atoms with Crippen LogP contribution >= 0.6 is 0 Å². The highest BCUT2D eigenvalue weighted by Crippen LogP contribution is 2.41. The minimum absolute atomic E-state index is 0.0652. The Morgan fingerprint density at radius 3 is 2.53 bits per heavy atom. The Balaban J connectivity index is 1.16. The molecule has 7 heteroatoms. The van der Waals surface area contributed by atoms with Crippen LogP contribution < -0.4 is 19.7 Å². The second-order valence-corrected chi connectivity index (χ2v) is 8.87. The van der Waals surface area contributed by atoms with Gasteiger partial charge in [-0.3, -0.25) is 9.59 Å². The number of nitrogens with one attached hydrogen (secondary N) is 1. The van der Waals surface area contributed by atoms with Gasteiger partial charge in [0, 0.05) is 56.8 Å². The highest BCUT2D eigenvalue weighted by molar-refractivity contribution is 5.80. The van der Waals surface area contributed by atoms with Gasteiger partial charge in [0.25, 0.3) is 5.91 Å². The first kappa shape index (κ1) is 22.0. The van der Waals surface area contributed by atoms with Crippen LogP contribution in [0.2, 0.25) is 0 Å². The average molecular weight is 438 g/mol. The van der Waals surface area contributed by atoms with Gasteiger partial charge in [-0.1, -0.05) is 30.3 Å². The number of carbonyl (C=O) groups excluding carboxylic acids is 2. The predicted octanol–water partition coefficient (Wildman–Crippen LogP) is 2.63. The number of fused-ring (bicyclic) bond motifs is 1. The molecule has 1 saturated heterocycles. The fraction of sp³-hybridized carbons (Fsp3) is 0.440. The Labute approximate surface area is 189 Å². The monoisotopic (exact) mass is 437 g/mol. The van der Waals surface area contributed by atoms with Gasteiger partial charge in [0.15, 0.2) is 18.1 Å². The van der Waals surface area contributed by atoms with Crippen LogP contribution in [0.1, 0.15) is 25.8 Å². The highest BCUT2D eigenvalue weighted by atomic mass is 16.5. The van der Waals surface area contributed by atoms with Gasteiger partial charge in [-0.05, 0) is 32.0 Å². The largest absolute Gasteiger partial charge is 0.483 e. The number of piperazine rings is 1. The molecule has 2 heterocycles. The molecule has 0 aliphatic carbocycles. The number of ether oxygens (including phenoxy) is 2. The molecule has 1 N–H and O–H groups in total. The van der Waals surface area contributed by atoms with Crippen molar-refractivity contribution in [3.8, 4) is 11.5 Å². The van der Waals surface area contributed by atoms with Crippen molar-refractivity contribution in [1.29, 1.82) is 0 Å². The Kier molecular flexibility index (Phi) is 6.53. The van der Waals surface area contributed by atoms with Gasteiger partial charge in [0.2, 0.25) is 5.91 Å². The Hall–Kier alpha value is -3.22. The van der Waals surface area contributed by atoms with Crippen LogP contribution in [-0.2, 0) is 16.0 Å². The summed E-state index contributed by atoms with van der Waals surface area (Å²) in [5, 5.41) is 2.78. The fourth-order valence-electron chi connectivity index (χ4n) is 4.22. The van der Waals surface area contributed by atoms with Crippen LogP contribution in [0.15, 0.2) is 48.5 Å². The summed E-state index contributed by atoms with van der Waals surface area (Å²) in [6.07, 6.45) is 1.10. The number of rotatable bonds is 7. The molecule has 7 nitrogen and oxygen atoms in total. The van der Waals surface area contributed by atoms with E-state index >= 15 is 0 Å². The van der Waals surface area contributed by atoms with Crippen molar-refractivity contribution >= 4 is 17.5 Å². The average Bonchev–Trinajstić information content (AvgIpc) is 3.12. The number of carbonyl (C=O) groups is 2. The lowest BCUT2D eigenvalue weighted by Crippen LogP contribution is -2.49. The van der Waals surface area contributed by atoms with E-state index in [0.29, 0.717) is 25.4 Å². The van der Waals surface area contributed by atoms with Gasteiger partial charge in [0.1, 0.15) is 5.60 Å². The Morgan fingerprint density at radius 1 is 1.03 bits per heavy atom. The van der Waals surface area contributed by atoms with E-state index < -0.39 is 0 Å². The molecule has 0 bridgehead atoms. The molecule has 0 spiro atoms. The van der Waals surface area contributed by atoms with E-state index in [2.05, 4.69) is 22.3 Å². The third-order valence-electron chi connectivity index (χ3n) is 5.83. The molecule has 170 valence electrons. The molecule has 0 saturated carbocycles. The molecule has 0 aromatic heterocycles. The third kappa shape index (κ3) is 5.33. The smallest absolute Gasteiger partial charge is 0.257 e. The lowest BCUT2D eigenvalue weighted by molar-refractivity contribution is -0.131. The minimum atomic E-state index is -0.267. The first-order chi connectivity index (χ1) is 15.4. The molecular weight excluding hydrogens is 406 g/mol. The molecular formula is C25H31N3O4. The second-order valence-electron chi connectivity index (χ2n) is 8.87. The van der Waals surface area contributed by atoms with E-state index in [4.69, 9.17) is 9.47 Å². The minimum Gasteiger partial charge on any atom is -0.483 e. The van der Waals surface area contributed by atoms with Crippen molar-refractivity contribution in [2.45, 2.75) is 32.3 Å². The molecule has 1 fully saturated rings. The second kappa shape index (κ2) is 9.51. The number of hydrogen-bond acceptors (Lipinski definition) is 5. The van der Waals surface area contributed by atoms with Crippen molar-refractivity contribution in [2.24, 2.45) is 0 Å². The van der Waals surface area contributed by atoms with Crippen LogP contribution in [0.25, 0.3) is 0 Å². The predicted molar refractivity (Wildman–Crippen MR) is 123 cm³/mol. The summed E-state index contributed by atoms with van der Waals surface area (Å²) < 4.78 is 11.7. The third-order valence-corrected chi connectivity index (χ3v) is 5.83. The van der Waals surface area contributed by atoms with Crippen molar-refractivity contribution in [2.75, 3.05) is 44.2 Å². The highest BCUT2D eigenvalue weighted by Gasteiger charge is 2.32. The zero-order valence-electron chi connectivity index (χ0n) is 18.8. The first-order valence-corrected chi connectivity index (χ1v) is 11.2. The standard InChI is InChI=1S/C25H31N3O4/c1-25(2)17-19-7-6-10-21(24(19)32-25)31-18-22(29)26-12-11-23(30)28-15-13-27(14-16-28)20-8-4-3-5-9-20/h3-10H,11-18H2,1-2H3,(H,26,29). The van der Waals surface area contributed by atoms with E-state index in [0.717, 1.165) is 30.8 Å². The molecule has 0 radical (unpaired) electrons. The van der Waals surface area contributed by atoms with E-state index in [1.165, 1.54) is 5.69 Å². The first-order valence-electron chi connectivity index (χ1n) is 11.2. The number of benzene rings is 2. The van der Waals surface area contributed by atoms with Crippen molar-refractivity contribution in [1.82, 2.24) is 10.2 Å². The van der Waals surface area contributed by atoms with Crippen LogP contribution in [0.5, 0.6) is 11.5 Å². The number of para-hydroxylation sites is 2. The molecule has 2 aromatic carbocycles. The normalized spacial score (nSPS) is 16.8. The van der Waals surface area contributed by atoms with Crippen molar-refractivity contribution < 1.29 is 19.1 Å². The van der Waals surface area contributed by atoms with E-state index in [-0.39, 0.29) is 30.4 Å². The maximum Gasteiger partial charge on any atom is 0.257 e. The maximum absolute atomic E-state index is 12.5. The van der Waals surface area contributed by atoms with Crippen LogP contribution in [0.3, 0.4) is 0 Å². The summed E-state index contributed by atoms with van der Waals surface area (Å²) >= 11 is 0. The molecule has 0 unspecified atom stereocenters. The molecule has 4 rings (SSSR count). The van der Waals surface area contributed by atoms with Gasteiger partial charge in [-0.15, -0.1) is 0 Å². The number of hydrogen-bond donors (Lipinski definition) is 1. The summed E-state index contributed by atoms with van der Waals surface area (Å²) in [7, 11) is 0. The molecule has 2 aromatic rings. The topological polar surface area (TPSA) is 71.1 Å². The Morgan fingerprint density at radius 2 is 1.78 bits per heavy atom. The summed E-state index contributed by atoms with van der Waals surface area (Å²) in [4.78, 5) is 28.8.